The van der Waals surface area contributed by atoms with Gasteiger partial charge in [0.15, 0.2) is 0 Å². The molecule has 1 atom stereocenters. The van der Waals surface area contributed by atoms with E-state index in [9.17, 15) is 18.0 Å². The third kappa shape index (κ3) is 5.90. The lowest BCUT2D eigenvalue weighted by atomic mass is 10.3. The van der Waals surface area contributed by atoms with Crippen LogP contribution in [0.2, 0.25) is 0 Å². The van der Waals surface area contributed by atoms with Crippen molar-refractivity contribution in [1.29, 1.82) is 0 Å². The van der Waals surface area contributed by atoms with Crippen LogP contribution in [0.3, 0.4) is 0 Å². The molecule has 158 valence electrons. The van der Waals surface area contributed by atoms with Crippen LogP contribution in [0.4, 0.5) is 10.5 Å². The smallest absolute Gasteiger partial charge is 0.419 e. The van der Waals surface area contributed by atoms with Crippen LogP contribution in [0, 0.1) is 0 Å². The number of carboxylic acid groups (broad SMARTS) is 1. The van der Waals surface area contributed by atoms with Gasteiger partial charge in [0.2, 0.25) is 6.10 Å². The van der Waals surface area contributed by atoms with Crippen molar-refractivity contribution in [3.63, 3.8) is 0 Å². The second-order valence-corrected chi connectivity index (χ2v) is 6.15. The van der Waals surface area contributed by atoms with Gasteiger partial charge in [0.1, 0.15) is 5.69 Å². The summed E-state index contributed by atoms with van der Waals surface area (Å²) in [6, 6.07) is -0.671. The monoisotopic (exact) mass is 421 g/mol. The first-order valence-electron chi connectivity index (χ1n) is 8.31. The maximum atomic E-state index is 11.9. The Morgan fingerprint density at radius 1 is 1.43 bits per heavy atom. The number of carbonyl (C=O) groups excluding carboxylic acids is 1. The van der Waals surface area contributed by atoms with E-state index in [1.807, 2.05) is 13.8 Å². The van der Waals surface area contributed by atoms with Gasteiger partial charge in [-0.05, 0) is 6.92 Å². The van der Waals surface area contributed by atoms with E-state index in [4.69, 9.17) is 9.66 Å². The first-order valence-corrected chi connectivity index (χ1v) is 9.68. The molecule has 0 saturated carbocycles. The molecule has 0 aliphatic carbocycles. The molecular weight excluding hydrogens is 398 g/mol. The van der Waals surface area contributed by atoms with Gasteiger partial charge in [-0.15, -0.1) is 9.35 Å². The van der Waals surface area contributed by atoms with E-state index in [1.54, 1.807) is 14.0 Å². The third-order valence-electron chi connectivity index (χ3n) is 3.45. The summed E-state index contributed by atoms with van der Waals surface area (Å²) in [6.07, 6.45) is 2.38. The Kier molecular flexibility index (Phi) is 8.34. The number of rotatable bonds is 4. The van der Waals surface area contributed by atoms with Crippen LogP contribution >= 0.6 is 0 Å². The topological polar surface area (TPSA) is 164 Å². The Morgan fingerprint density at radius 2 is 2.07 bits per heavy atom. The average Bonchev–Trinajstić information content (AvgIpc) is 3.29. The molecule has 0 saturated heterocycles. The second-order valence-electron chi connectivity index (χ2n) is 5.15. The van der Waals surface area contributed by atoms with Gasteiger partial charge < -0.3 is 14.8 Å². The first-order chi connectivity index (χ1) is 13.1. The number of hydrogen-bond donors (Lipinski definition) is 2. The minimum absolute atomic E-state index is 0.199. The first kappa shape index (κ1) is 23.3. The maximum Gasteiger partial charge on any atom is 0.419 e. The normalized spacial score (nSPS) is 17.8. The van der Waals surface area contributed by atoms with Crippen LogP contribution in [0.15, 0.2) is 11.4 Å². The van der Waals surface area contributed by atoms with Gasteiger partial charge in [0.25, 0.3) is 0 Å². The number of amides is 2. The molecule has 2 amide bonds. The highest BCUT2D eigenvalue weighted by molar-refractivity contribution is 7.81. The number of fused-ring (bicyclic) bond motifs is 1. The van der Waals surface area contributed by atoms with Crippen LogP contribution in [0.1, 0.15) is 32.9 Å². The highest BCUT2D eigenvalue weighted by Crippen LogP contribution is 2.28. The maximum absolute atomic E-state index is 11.9. The zero-order valence-electron chi connectivity index (χ0n) is 15.8. The Hall–Kier alpha value is -2.71. The molecule has 13 nitrogen and oxygen atoms in total. The number of carboxylic acids is 1. The number of hydrogen-bond acceptors (Lipinski definition) is 8. The summed E-state index contributed by atoms with van der Waals surface area (Å²) in [7, 11) is -3.12. The molecule has 3 rings (SSSR count). The molecule has 1 aromatic heterocycles. The van der Waals surface area contributed by atoms with Crippen LogP contribution in [-0.4, -0.2) is 63.6 Å². The number of aliphatic carboxylic acids is 1. The summed E-state index contributed by atoms with van der Waals surface area (Å²) in [6.45, 7) is 6.41. The summed E-state index contributed by atoms with van der Waals surface area (Å²) in [5.41, 5.74) is 0.810. The van der Waals surface area contributed by atoms with E-state index < -0.39 is 28.5 Å². The van der Waals surface area contributed by atoms with Crippen molar-refractivity contribution in [2.24, 2.45) is 12.2 Å². The lowest BCUT2D eigenvalue weighted by Crippen LogP contribution is -2.47. The fourth-order valence-corrected chi connectivity index (χ4v) is 2.47. The zero-order valence-corrected chi connectivity index (χ0v) is 16.7. The molecular formula is C14H23N5O8S. The number of aromatic nitrogens is 2. The van der Waals surface area contributed by atoms with E-state index in [1.165, 1.54) is 22.0 Å². The van der Waals surface area contributed by atoms with E-state index in [-0.39, 0.29) is 5.69 Å². The van der Waals surface area contributed by atoms with Crippen LogP contribution in [-0.2, 0) is 37.9 Å². The van der Waals surface area contributed by atoms with Crippen LogP contribution < -0.4 is 5.06 Å². The van der Waals surface area contributed by atoms with Gasteiger partial charge in [-0.3, -0.25) is 9.23 Å². The lowest BCUT2D eigenvalue weighted by Gasteiger charge is -2.32. The number of carbonyl (C=O) groups is 2. The molecule has 0 radical (unpaired) electrons. The molecule has 2 aliphatic rings. The largest absolute Gasteiger partial charge is 0.478 e. The number of oxime groups is 1. The van der Waals surface area contributed by atoms with Crippen molar-refractivity contribution in [2.45, 2.75) is 39.8 Å². The molecule has 0 aromatic carbocycles. The molecule has 0 fully saturated rings. The Morgan fingerprint density at radius 3 is 2.50 bits per heavy atom. The van der Waals surface area contributed by atoms with Crippen LogP contribution in [0.5, 0.6) is 0 Å². The van der Waals surface area contributed by atoms with Gasteiger partial charge >= 0.3 is 22.4 Å². The summed E-state index contributed by atoms with van der Waals surface area (Å²) >= 11 is 0. The van der Waals surface area contributed by atoms with Gasteiger partial charge in [-0.1, -0.05) is 19.0 Å². The molecule has 2 aliphatic heterocycles. The van der Waals surface area contributed by atoms with Crippen molar-refractivity contribution in [3.05, 3.63) is 11.9 Å². The van der Waals surface area contributed by atoms with E-state index >= 15 is 0 Å². The number of urea groups is 1. The van der Waals surface area contributed by atoms with Crippen molar-refractivity contribution in [2.75, 3.05) is 11.6 Å². The molecule has 28 heavy (non-hydrogen) atoms. The highest BCUT2D eigenvalue weighted by atomic mass is 32.3. The zero-order chi connectivity index (χ0) is 21.5. The fourth-order valence-electron chi connectivity index (χ4n) is 2.14. The molecule has 1 unspecified atom stereocenters. The summed E-state index contributed by atoms with van der Waals surface area (Å²) in [4.78, 5) is 27.7. The summed E-state index contributed by atoms with van der Waals surface area (Å²) in [5.74, 6) is -0.956. The second kappa shape index (κ2) is 10.0. The minimum atomic E-state index is -4.78. The molecule has 0 spiro atoms. The minimum Gasteiger partial charge on any atom is -0.478 e. The number of hydroxylamine groups is 1. The van der Waals surface area contributed by atoms with Crippen LogP contribution in [0.25, 0.3) is 0 Å². The SMILES string of the molecule is CC.CCN1Cc2c(cnn2C)N(OS(=O)(=O)O)C1=O.O=C(O)C1CC=NO1. The van der Waals surface area contributed by atoms with Gasteiger partial charge in [-0.25, -0.2) is 9.59 Å². The van der Waals surface area contributed by atoms with E-state index in [2.05, 4.69) is 19.4 Å². The predicted octanol–water partition coefficient (Wildman–Crippen LogP) is 0.788. The van der Waals surface area contributed by atoms with Crippen molar-refractivity contribution in [3.8, 4) is 0 Å². The standard InChI is InChI=1S/C8H12N4O5S.C4H5NO3.C2H6/c1-3-11-5-7-6(4-9-10(7)2)12(8(11)13)17-18(14,15)16;6-4(7)3-1-2-5-8-3;1-2/h4H,3,5H2,1-2H3,(H,14,15,16);2-3H,1H2,(H,6,7);1-2H3. The van der Waals surface area contributed by atoms with Gasteiger partial charge in [0.05, 0.1) is 18.4 Å². The number of nitrogens with zero attached hydrogens (tertiary/aromatic N) is 5. The molecule has 3 heterocycles. The molecule has 0 bridgehead atoms. The molecule has 14 heteroatoms. The summed E-state index contributed by atoms with van der Waals surface area (Å²) in [5, 5.41) is 15.9. The number of aryl methyl sites for hydroxylation is 1. The fraction of sp³-hybridized carbons (Fsp3) is 0.571. The van der Waals surface area contributed by atoms with E-state index in [0.717, 1.165) is 0 Å². The Labute approximate surface area is 162 Å². The highest BCUT2D eigenvalue weighted by Gasteiger charge is 2.35. The Balaban J connectivity index is 0.000000327. The van der Waals surface area contributed by atoms with E-state index in [0.29, 0.717) is 30.3 Å². The quantitative estimate of drug-likeness (QED) is 0.669. The van der Waals surface area contributed by atoms with Crippen molar-refractivity contribution in [1.82, 2.24) is 14.7 Å². The predicted molar refractivity (Wildman–Crippen MR) is 96.8 cm³/mol. The van der Waals surface area contributed by atoms with Gasteiger partial charge in [0, 0.05) is 26.2 Å². The molecule has 1 aromatic rings. The average molecular weight is 421 g/mol. The third-order valence-corrected chi connectivity index (χ3v) is 3.79. The lowest BCUT2D eigenvalue weighted by molar-refractivity contribution is -0.148. The number of anilines is 1. The summed E-state index contributed by atoms with van der Waals surface area (Å²) < 4.78 is 36.0. The molecule has 2 N–H and O–H groups in total. The Bertz CT molecular complexity index is 814. The van der Waals surface area contributed by atoms with Gasteiger partial charge in [-0.2, -0.15) is 13.5 Å². The van der Waals surface area contributed by atoms with Crippen molar-refractivity contribution < 1.29 is 36.8 Å². The van der Waals surface area contributed by atoms with Crippen molar-refractivity contribution >= 4 is 34.3 Å².